The smallest absolute Gasteiger partial charge is 0.253 e. The van der Waals surface area contributed by atoms with E-state index < -0.39 is 0 Å². The average Bonchev–Trinajstić information content (AvgIpc) is 2.92. The number of aromatic nitrogens is 2. The van der Waals surface area contributed by atoms with Crippen molar-refractivity contribution in [3.05, 3.63) is 51.5 Å². The molecule has 1 heterocycles. The largest absolute Gasteiger partial charge is 0.347 e. The van der Waals surface area contributed by atoms with Gasteiger partial charge >= 0.3 is 0 Å². The Morgan fingerprint density at radius 2 is 2.37 bits per heavy atom. The topological polar surface area (TPSA) is 57.8 Å². The number of benzene rings is 1. The third-order valence-electron chi connectivity index (χ3n) is 2.74. The standard InChI is InChI=1S/C13H13BrClN3O/c1-2-11(12-16-5-6-17-12)18-13(19)9-7-8(15)3-4-10(9)14/h3-7,11H,2H2,1H3,(H,16,17)(H,18,19). The van der Waals surface area contributed by atoms with E-state index in [4.69, 9.17) is 11.6 Å². The van der Waals surface area contributed by atoms with Crippen molar-refractivity contribution in [3.8, 4) is 0 Å². The highest BCUT2D eigenvalue weighted by Gasteiger charge is 2.17. The van der Waals surface area contributed by atoms with Crippen LogP contribution in [-0.2, 0) is 0 Å². The van der Waals surface area contributed by atoms with Crippen LogP contribution in [0.2, 0.25) is 5.02 Å². The first-order valence-electron chi connectivity index (χ1n) is 5.87. The van der Waals surface area contributed by atoms with Gasteiger partial charge in [0.25, 0.3) is 5.91 Å². The lowest BCUT2D eigenvalue weighted by atomic mass is 10.1. The highest BCUT2D eigenvalue weighted by Crippen LogP contribution is 2.22. The lowest BCUT2D eigenvalue weighted by Gasteiger charge is -2.15. The van der Waals surface area contributed by atoms with E-state index in [9.17, 15) is 4.79 Å². The van der Waals surface area contributed by atoms with Crippen molar-refractivity contribution in [1.29, 1.82) is 0 Å². The zero-order valence-electron chi connectivity index (χ0n) is 10.3. The van der Waals surface area contributed by atoms with Crippen LogP contribution < -0.4 is 5.32 Å². The second kappa shape index (κ2) is 6.21. The van der Waals surface area contributed by atoms with Crippen molar-refractivity contribution >= 4 is 33.4 Å². The van der Waals surface area contributed by atoms with Gasteiger partial charge in [0, 0.05) is 21.9 Å². The zero-order chi connectivity index (χ0) is 13.8. The second-order valence-electron chi connectivity index (χ2n) is 4.03. The fourth-order valence-corrected chi connectivity index (χ4v) is 2.34. The molecule has 1 amide bonds. The molecule has 1 aromatic heterocycles. The molecular weight excluding hydrogens is 330 g/mol. The van der Waals surface area contributed by atoms with Gasteiger partial charge in [-0.05, 0) is 40.5 Å². The van der Waals surface area contributed by atoms with Crippen LogP contribution in [0.15, 0.2) is 35.1 Å². The highest BCUT2D eigenvalue weighted by molar-refractivity contribution is 9.10. The maximum atomic E-state index is 12.2. The van der Waals surface area contributed by atoms with Crippen molar-refractivity contribution in [1.82, 2.24) is 15.3 Å². The molecule has 0 saturated carbocycles. The minimum atomic E-state index is -0.183. The van der Waals surface area contributed by atoms with Crippen molar-refractivity contribution in [2.75, 3.05) is 0 Å². The van der Waals surface area contributed by atoms with Crippen LogP contribution in [0.25, 0.3) is 0 Å². The Morgan fingerprint density at radius 1 is 1.58 bits per heavy atom. The number of nitrogens with one attached hydrogen (secondary N) is 2. The number of nitrogens with zero attached hydrogens (tertiary/aromatic N) is 1. The first-order valence-corrected chi connectivity index (χ1v) is 7.04. The maximum Gasteiger partial charge on any atom is 0.253 e. The van der Waals surface area contributed by atoms with Crippen molar-refractivity contribution in [2.24, 2.45) is 0 Å². The molecule has 0 bridgehead atoms. The second-order valence-corrected chi connectivity index (χ2v) is 5.32. The van der Waals surface area contributed by atoms with Crippen LogP contribution >= 0.6 is 27.5 Å². The van der Waals surface area contributed by atoms with E-state index in [0.717, 1.165) is 12.2 Å². The van der Waals surface area contributed by atoms with Crippen LogP contribution in [0.3, 0.4) is 0 Å². The Balaban J connectivity index is 2.18. The molecule has 1 aromatic carbocycles. The summed E-state index contributed by atoms with van der Waals surface area (Å²) in [5, 5.41) is 3.46. The van der Waals surface area contributed by atoms with Gasteiger partial charge in [0.2, 0.25) is 0 Å². The van der Waals surface area contributed by atoms with E-state index in [-0.39, 0.29) is 11.9 Å². The van der Waals surface area contributed by atoms with Crippen LogP contribution in [0.4, 0.5) is 0 Å². The first-order chi connectivity index (χ1) is 9.11. The van der Waals surface area contributed by atoms with Crippen LogP contribution in [0, 0.1) is 0 Å². The lowest BCUT2D eigenvalue weighted by molar-refractivity contribution is 0.0933. The quantitative estimate of drug-likeness (QED) is 0.890. The molecule has 2 N–H and O–H groups in total. The number of amides is 1. The Labute approximate surface area is 124 Å². The summed E-state index contributed by atoms with van der Waals surface area (Å²) in [6, 6.07) is 4.97. The number of hydrogen-bond donors (Lipinski definition) is 2. The average molecular weight is 343 g/mol. The number of carbonyl (C=O) groups is 1. The summed E-state index contributed by atoms with van der Waals surface area (Å²) in [6.45, 7) is 1.99. The fraction of sp³-hybridized carbons (Fsp3) is 0.231. The molecule has 4 nitrogen and oxygen atoms in total. The maximum absolute atomic E-state index is 12.2. The van der Waals surface area contributed by atoms with Gasteiger partial charge in [0.1, 0.15) is 5.82 Å². The number of H-pyrrole nitrogens is 1. The number of hydrogen-bond acceptors (Lipinski definition) is 2. The SMILES string of the molecule is CCC(NC(=O)c1cc(Cl)ccc1Br)c1ncc[nH]1. The number of rotatable bonds is 4. The Morgan fingerprint density at radius 3 is 3.00 bits per heavy atom. The minimum Gasteiger partial charge on any atom is -0.347 e. The summed E-state index contributed by atoms with van der Waals surface area (Å²) < 4.78 is 0.712. The normalized spacial score (nSPS) is 12.2. The van der Waals surface area contributed by atoms with Crippen molar-refractivity contribution in [3.63, 3.8) is 0 Å². The molecule has 100 valence electrons. The zero-order valence-corrected chi connectivity index (χ0v) is 12.6. The molecular formula is C13H13BrClN3O. The molecule has 1 unspecified atom stereocenters. The molecule has 0 radical (unpaired) electrons. The Kier molecular flexibility index (Phi) is 4.61. The molecule has 0 fully saturated rings. The molecule has 6 heteroatoms. The van der Waals surface area contributed by atoms with Gasteiger partial charge in [-0.25, -0.2) is 4.98 Å². The monoisotopic (exact) mass is 341 g/mol. The van der Waals surface area contributed by atoms with Gasteiger partial charge in [0.15, 0.2) is 0 Å². The van der Waals surface area contributed by atoms with Crippen LogP contribution in [0.1, 0.15) is 35.6 Å². The van der Waals surface area contributed by atoms with E-state index in [1.54, 1.807) is 30.6 Å². The fourth-order valence-electron chi connectivity index (χ4n) is 1.74. The van der Waals surface area contributed by atoms with Gasteiger partial charge in [0.05, 0.1) is 11.6 Å². The van der Waals surface area contributed by atoms with Crippen LogP contribution in [0.5, 0.6) is 0 Å². The molecule has 0 aliphatic carbocycles. The summed E-state index contributed by atoms with van der Waals surface area (Å²) >= 11 is 9.26. The van der Waals surface area contributed by atoms with Crippen molar-refractivity contribution in [2.45, 2.75) is 19.4 Å². The summed E-state index contributed by atoms with van der Waals surface area (Å²) in [4.78, 5) is 19.4. The van der Waals surface area contributed by atoms with Gasteiger partial charge in [-0.15, -0.1) is 0 Å². The van der Waals surface area contributed by atoms with E-state index in [2.05, 4.69) is 31.2 Å². The highest BCUT2D eigenvalue weighted by atomic mass is 79.9. The van der Waals surface area contributed by atoms with Gasteiger partial charge in [-0.2, -0.15) is 0 Å². The molecule has 0 saturated heterocycles. The summed E-state index contributed by atoms with van der Waals surface area (Å²) in [7, 11) is 0. The van der Waals surface area contributed by atoms with Gasteiger partial charge < -0.3 is 10.3 Å². The lowest BCUT2D eigenvalue weighted by Crippen LogP contribution is -2.29. The molecule has 1 atom stereocenters. The summed E-state index contributed by atoms with van der Waals surface area (Å²) in [5.74, 6) is 0.562. The molecule has 2 aromatic rings. The summed E-state index contributed by atoms with van der Waals surface area (Å²) in [6.07, 6.45) is 4.15. The minimum absolute atomic E-state index is 0.145. The molecule has 2 rings (SSSR count). The number of aromatic amines is 1. The summed E-state index contributed by atoms with van der Waals surface area (Å²) in [5.41, 5.74) is 0.512. The molecule has 0 aliphatic heterocycles. The van der Waals surface area contributed by atoms with Gasteiger partial charge in [-0.1, -0.05) is 18.5 Å². The van der Waals surface area contributed by atoms with Gasteiger partial charge in [-0.3, -0.25) is 4.79 Å². The molecule has 0 aliphatic rings. The van der Waals surface area contributed by atoms with E-state index in [0.29, 0.717) is 15.1 Å². The molecule has 19 heavy (non-hydrogen) atoms. The first kappa shape index (κ1) is 14.1. The molecule has 0 spiro atoms. The number of imidazole rings is 1. The third kappa shape index (κ3) is 3.36. The number of carbonyl (C=O) groups excluding carboxylic acids is 1. The predicted octanol–water partition coefficient (Wildman–Crippen LogP) is 3.71. The number of halogens is 2. The van der Waals surface area contributed by atoms with E-state index in [1.807, 2.05) is 6.92 Å². The Bertz CT molecular complexity index is 571. The predicted molar refractivity (Wildman–Crippen MR) is 78.2 cm³/mol. The van der Waals surface area contributed by atoms with Crippen LogP contribution in [-0.4, -0.2) is 15.9 Å². The van der Waals surface area contributed by atoms with E-state index >= 15 is 0 Å². The third-order valence-corrected chi connectivity index (χ3v) is 3.66. The van der Waals surface area contributed by atoms with Crippen molar-refractivity contribution < 1.29 is 4.79 Å². The Hall–Kier alpha value is -1.33. The van der Waals surface area contributed by atoms with E-state index in [1.165, 1.54) is 0 Å².